The predicted octanol–water partition coefficient (Wildman–Crippen LogP) is 3.84. The molecule has 2 atom stereocenters. The molecule has 2 aliphatic rings. The Balaban J connectivity index is 1.40. The minimum atomic E-state index is -1.01. The molecule has 1 amide bonds. The van der Waals surface area contributed by atoms with Gasteiger partial charge in [0.15, 0.2) is 0 Å². The highest BCUT2D eigenvalue weighted by atomic mass is 35.5. The third kappa shape index (κ3) is 2.85. The number of carbonyl (C=O) groups is 1. The fourth-order valence-corrected chi connectivity index (χ4v) is 5.82. The van der Waals surface area contributed by atoms with E-state index in [0.717, 1.165) is 23.3 Å². The quantitative estimate of drug-likeness (QED) is 0.682. The molecule has 2 N–H and O–H groups in total. The fourth-order valence-electron chi connectivity index (χ4n) is 4.66. The summed E-state index contributed by atoms with van der Waals surface area (Å²) in [6.45, 7) is 0. The molecule has 0 aliphatic carbocycles. The Labute approximate surface area is 171 Å². The molecule has 6 nitrogen and oxygen atoms in total. The first-order valence-corrected chi connectivity index (χ1v) is 10.5. The fraction of sp³-hybridized carbons (Fsp3) is 0.350. The van der Waals surface area contributed by atoms with Crippen LogP contribution in [0, 0.1) is 0 Å². The van der Waals surface area contributed by atoms with E-state index in [9.17, 15) is 9.90 Å². The lowest BCUT2D eigenvalue weighted by molar-refractivity contribution is -0.0478. The van der Waals surface area contributed by atoms with Crippen molar-refractivity contribution in [3.63, 3.8) is 0 Å². The zero-order chi connectivity index (χ0) is 19.3. The number of aliphatic hydroxyl groups is 1. The van der Waals surface area contributed by atoms with E-state index in [4.69, 9.17) is 11.6 Å². The molecule has 0 spiro atoms. The number of aromatic amines is 1. The summed E-state index contributed by atoms with van der Waals surface area (Å²) in [7, 11) is 0. The van der Waals surface area contributed by atoms with Gasteiger partial charge in [0, 0.05) is 64.9 Å². The van der Waals surface area contributed by atoms with Gasteiger partial charge in [-0.15, -0.1) is 11.3 Å². The average Bonchev–Trinajstić information content (AvgIpc) is 3.41. The van der Waals surface area contributed by atoms with E-state index < -0.39 is 5.60 Å². The molecule has 2 saturated heterocycles. The van der Waals surface area contributed by atoms with Crippen molar-refractivity contribution in [1.29, 1.82) is 0 Å². The third-order valence-corrected chi connectivity index (χ3v) is 7.18. The number of nitrogens with one attached hydrogen (secondary N) is 1. The standard InChI is InChI=1S/C20H19ClN4O2S/c21-17-10-22-4-3-16(17)20(27)6-14-1-2-15(7-20)25(14)19(26)12-5-18(28-11-12)13-8-23-24-9-13/h3-5,8-11,14-15,27H,1-2,6-7H2,(H,23,24). The lowest BCUT2D eigenvalue weighted by atomic mass is 9.80. The van der Waals surface area contributed by atoms with Crippen LogP contribution in [0.3, 0.4) is 0 Å². The first kappa shape index (κ1) is 17.8. The number of carbonyl (C=O) groups excluding carboxylic acids is 1. The number of halogens is 1. The van der Waals surface area contributed by atoms with Crippen LogP contribution < -0.4 is 0 Å². The maximum atomic E-state index is 13.2. The molecule has 3 aromatic heterocycles. The maximum absolute atomic E-state index is 13.2. The van der Waals surface area contributed by atoms with Crippen LogP contribution >= 0.6 is 22.9 Å². The van der Waals surface area contributed by atoms with Crippen molar-refractivity contribution >= 4 is 28.8 Å². The molecule has 0 aromatic carbocycles. The highest BCUT2D eigenvalue weighted by Crippen LogP contribution is 2.47. The van der Waals surface area contributed by atoms with Gasteiger partial charge in [0.05, 0.1) is 22.4 Å². The Morgan fingerprint density at radius 2 is 2.11 bits per heavy atom. The van der Waals surface area contributed by atoms with Gasteiger partial charge in [0.25, 0.3) is 5.91 Å². The monoisotopic (exact) mass is 414 g/mol. The minimum absolute atomic E-state index is 0.0118. The van der Waals surface area contributed by atoms with Crippen molar-refractivity contribution < 1.29 is 9.90 Å². The molecule has 2 unspecified atom stereocenters. The summed E-state index contributed by atoms with van der Waals surface area (Å²) in [5.74, 6) is 0.0429. The summed E-state index contributed by atoms with van der Waals surface area (Å²) in [5, 5.41) is 20.5. The average molecular weight is 415 g/mol. The zero-order valence-corrected chi connectivity index (χ0v) is 16.6. The van der Waals surface area contributed by atoms with Crippen LogP contribution in [0.5, 0.6) is 0 Å². The highest BCUT2D eigenvalue weighted by Gasteiger charge is 2.50. The molecule has 2 fully saturated rings. The second-order valence-electron chi connectivity index (χ2n) is 7.58. The topological polar surface area (TPSA) is 82.1 Å². The Bertz CT molecular complexity index is 1000. The molecule has 8 heteroatoms. The van der Waals surface area contributed by atoms with Gasteiger partial charge >= 0.3 is 0 Å². The summed E-state index contributed by atoms with van der Waals surface area (Å²) >= 11 is 7.84. The molecule has 5 rings (SSSR count). The van der Waals surface area contributed by atoms with Crippen molar-refractivity contribution in [2.75, 3.05) is 0 Å². The Kier molecular flexibility index (Phi) is 4.26. The molecule has 2 bridgehead atoms. The van der Waals surface area contributed by atoms with Crippen LogP contribution in [0.2, 0.25) is 5.02 Å². The molecule has 0 saturated carbocycles. The Hall–Kier alpha value is -2.22. The van der Waals surface area contributed by atoms with Gasteiger partial charge in [-0.25, -0.2) is 0 Å². The number of nitrogens with zero attached hydrogens (tertiary/aromatic N) is 3. The molecular formula is C20H19ClN4O2S. The van der Waals surface area contributed by atoms with Crippen molar-refractivity contribution in [3.8, 4) is 10.4 Å². The third-order valence-electron chi connectivity index (χ3n) is 5.90. The van der Waals surface area contributed by atoms with E-state index in [2.05, 4.69) is 15.2 Å². The van der Waals surface area contributed by atoms with E-state index in [-0.39, 0.29) is 18.0 Å². The zero-order valence-electron chi connectivity index (χ0n) is 15.0. The Morgan fingerprint density at radius 3 is 2.79 bits per heavy atom. The highest BCUT2D eigenvalue weighted by molar-refractivity contribution is 7.13. The summed E-state index contributed by atoms with van der Waals surface area (Å²) in [4.78, 5) is 20.3. The summed E-state index contributed by atoms with van der Waals surface area (Å²) in [6, 6.07) is 3.74. The molecule has 2 aliphatic heterocycles. The van der Waals surface area contributed by atoms with Gasteiger partial charge in [0.2, 0.25) is 0 Å². The number of fused-ring (bicyclic) bond motifs is 2. The van der Waals surface area contributed by atoms with E-state index in [1.165, 1.54) is 11.3 Å². The number of thiophene rings is 1. The maximum Gasteiger partial charge on any atom is 0.255 e. The van der Waals surface area contributed by atoms with Crippen LogP contribution in [0.1, 0.15) is 41.6 Å². The van der Waals surface area contributed by atoms with Crippen molar-refractivity contribution in [2.45, 2.75) is 43.4 Å². The van der Waals surface area contributed by atoms with Crippen LogP contribution in [0.25, 0.3) is 10.4 Å². The summed E-state index contributed by atoms with van der Waals surface area (Å²) in [5.41, 5.74) is 1.38. The normalized spacial score (nSPS) is 26.6. The second kappa shape index (κ2) is 6.69. The largest absolute Gasteiger partial charge is 0.385 e. The van der Waals surface area contributed by atoms with Gasteiger partial charge < -0.3 is 10.0 Å². The lowest BCUT2D eigenvalue weighted by Gasteiger charge is -2.44. The minimum Gasteiger partial charge on any atom is -0.385 e. The molecule has 28 heavy (non-hydrogen) atoms. The van der Waals surface area contributed by atoms with Crippen molar-refractivity contribution in [1.82, 2.24) is 20.1 Å². The molecule has 0 radical (unpaired) electrons. The van der Waals surface area contributed by atoms with Gasteiger partial charge in [0.1, 0.15) is 0 Å². The number of aromatic nitrogens is 3. The number of rotatable bonds is 3. The van der Waals surface area contributed by atoms with E-state index in [0.29, 0.717) is 29.0 Å². The van der Waals surface area contributed by atoms with Gasteiger partial charge in [-0.3, -0.25) is 14.9 Å². The number of amides is 1. The lowest BCUT2D eigenvalue weighted by Crippen LogP contribution is -2.52. The molecule has 5 heterocycles. The predicted molar refractivity (Wildman–Crippen MR) is 107 cm³/mol. The molecule has 144 valence electrons. The van der Waals surface area contributed by atoms with Crippen LogP contribution in [0.15, 0.2) is 42.3 Å². The van der Waals surface area contributed by atoms with Crippen LogP contribution in [-0.2, 0) is 5.60 Å². The van der Waals surface area contributed by atoms with Crippen LogP contribution in [0.4, 0.5) is 0 Å². The van der Waals surface area contributed by atoms with E-state index in [1.54, 1.807) is 24.7 Å². The van der Waals surface area contributed by atoms with Crippen LogP contribution in [-0.4, -0.2) is 43.2 Å². The van der Waals surface area contributed by atoms with Crippen molar-refractivity contribution in [3.05, 3.63) is 58.4 Å². The number of H-pyrrole nitrogens is 1. The van der Waals surface area contributed by atoms with E-state index in [1.807, 2.05) is 22.5 Å². The SMILES string of the molecule is O=C(c1csc(-c2cn[nH]c2)c1)N1C2CCC1CC(O)(c1ccncc1Cl)C2. The Morgan fingerprint density at radius 1 is 1.32 bits per heavy atom. The number of piperidine rings is 1. The summed E-state index contributed by atoms with van der Waals surface area (Å²) in [6.07, 6.45) is 9.60. The van der Waals surface area contributed by atoms with Crippen molar-refractivity contribution in [2.24, 2.45) is 0 Å². The second-order valence-corrected chi connectivity index (χ2v) is 8.90. The van der Waals surface area contributed by atoms with Gasteiger partial charge in [-0.1, -0.05) is 11.6 Å². The number of hydrogen-bond acceptors (Lipinski definition) is 5. The summed E-state index contributed by atoms with van der Waals surface area (Å²) < 4.78 is 0. The molecule has 3 aromatic rings. The van der Waals surface area contributed by atoms with Gasteiger partial charge in [-0.2, -0.15) is 5.10 Å². The van der Waals surface area contributed by atoms with Gasteiger partial charge in [-0.05, 0) is 25.0 Å². The smallest absolute Gasteiger partial charge is 0.255 e. The molecular weight excluding hydrogens is 396 g/mol. The number of hydrogen-bond donors (Lipinski definition) is 2. The first-order chi connectivity index (χ1) is 13.5. The van der Waals surface area contributed by atoms with E-state index >= 15 is 0 Å². The number of pyridine rings is 1. The first-order valence-electron chi connectivity index (χ1n) is 9.28.